The smallest absolute Gasteiger partial charge is 0.334 e. The Labute approximate surface area is 104 Å². The molecule has 0 spiro atoms. The molecule has 1 rings (SSSR count). The molecule has 0 fully saturated rings. The number of hydrogen-bond donors (Lipinski definition) is 4. The summed E-state index contributed by atoms with van der Waals surface area (Å²) in [6.45, 7) is 1.91. The van der Waals surface area contributed by atoms with E-state index in [0.29, 0.717) is 0 Å². The van der Waals surface area contributed by atoms with Gasteiger partial charge in [0.15, 0.2) is 0 Å². The molecule has 14 heavy (non-hydrogen) atoms. The highest BCUT2D eigenvalue weighted by Crippen LogP contribution is 2.08. The van der Waals surface area contributed by atoms with Crippen molar-refractivity contribution < 1.29 is 44.7 Å². The monoisotopic (exact) mass is 324 g/mol. The van der Waals surface area contributed by atoms with E-state index in [1.54, 1.807) is 0 Å². The van der Waals surface area contributed by atoms with Crippen LogP contribution in [0.15, 0.2) is 24.3 Å². The molecule has 0 radical (unpaired) electrons. The summed E-state index contributed by atoms with van der Waals surface area (Å²) in [5.74, 6) is 6.16. The molecule has 1 aromatic rings. The average molecular weight is 326 g/mol. The second-order valence-electron chi connectivity index (χ2n) is 2.63. The molecule has 80 valence electrons. The van der Waals surface area contributed by atoms with Crippen molar-refractivity contribution in [1.82, 2.24) is 0 Å². The van der Waals surface area contributed by atoms with Gasteiger partial charge in [-0.25, -0.2) is 0 Å². The predicted octanol–water partition coefficient (Wildman–Crippen LogP) is -7.65. The summed E-state index contributed by atoms with van der Waals surface area (Å²) < 4.78 is 0. The SMILES string of the molecule is CC([NH3+])=[NH+]c1cccc(NN)c1.[Br-].[Br-]. The Bertz CT molecular complexity index is 297. The first-order valence-corrected chi connectivity index (χ1v) is 3.71. The van der Waals surface area contributed by atoms with Crippen molar-refractivity contribution in [3.8, 4) is 0 Å². The molecule has 6 heteroatoms. The molecule has 0 saturated carbocycles. The second-order valence-corrected chi connectivity index (χ2v) is 2.63. The zero-order valence-electron chi connectivity index (χ0n) is 7.85. The molecule has 0 amide bonds. The number of amidine groups is 1. The third-order valence-electron chi connectivity index (χ3n) is 1.39. The minimum absolute atomic E-state index is 0. The second kappa shape index (κ2) is 7.93. The molecule has 0 aliphatic carbocycles. The van der Waals surface area contributed by atoms with Crippen molar-refractivity contribution in [3.05, 3.63) is 24.3 Å². The highest BCUT2D eigenvalue weighted by atomic mass is 79.9. The first kappa shape index (κ1) is 16.0. The third kappa shape index (κ3) is 5.33. The van der Waals surface area contributed by atoms with Gasteiger partial charge in [0.05, 0.1) is 12.6 Å². The fraction of sp³-hybridized carbons (Fsp3) is 0.125. The fourth-order valence-corrected chi connectivity index (χ4v) is 0.933. The van der Waals surface area contributed by atoms with Gasteiger partial charge < -0.3 is 39.4 Å². The molecule has 0 bridgehead atoms. The van der Waals surface area contributed by atoms with Gasteiger partial charge in [-0.1, -0.05) is 6.07 Å². The van der Waals surface area contributed by atoms with E-state index in [2.05, 4.69) is 16.2 Å². The van der Waals surface area contributed by atoms with E-state index >= 15 is 0 Å². The minimum atomic E-state index is 0. The molecule has 7 N–H and O–H groups in total. The lowest BCUT2D eigenvalue weighted by Crippen LogP contribution is -3.00. The van der Waals surface area contributed by atoms with Crippen LogP contribution in [0.25, 0.3) is 0 Å². The van der Waals surface area contributed by atoms with Crippen molar-refractivity contribution >= 4 is 17.2 Å². The molecule has 0 atom stereocenters. The van der Waals surface area contributed by atoms with Gasteiger partial charge in [-0.3, -0.25) is 11.6 Å². The average Bonchev–Trinajstić information content (AvgIpc) is 2.03. The number of hydrogen-bond acceptors (Lipinski definition) is 2. The first-order valence-electron chi connectivity index (χ1n) is 3.71. The zero-order valence-corrected chi connectivity index (χ0v) is 11.0. The largest absolute Gasteiger partial charge is 1.00 e. The van der Waals surface area contributed by atoms with Crippen LogP contribution >= 0.6 is 0 Å². The minimum Gasteiger partial charge on any atom is -1.00 e. The van der Waals surface area contributed by atoms with Gasteiger partial charge in [-0.05, 0) is 6.07 Å². The number of nitrogens with one attached hydrogen (secondary N) is 2. The molecule has 1 aromatic carbocycles. The van der Waals surface area contributed by atoms with E-state index in [4.69, 9.17) is 5.84 Å². The van der Waals surface area contributed by atoms with Crippen molar-refractivity contribution in [2.75, 3.05) is 5.43 Å². The number of nitrogens with two attached hydrogens (primary N) is 1. The van der Waals surface area contributed by atoms with Crippen LogP contribution in [0, 0.1) is 0 Å². The molecule has 0 aliphatic heterocycles. The van der Waals surface area contributed by atoms with E-state index in [1.165, 1.54) is 0 Å². The predicted molar refractivity (Wildman–Crippen MR) is 48.4 cm³/mol. The molecule has 0 aromatic heterocycles. The quantitative estimate of drug-likeness (QED) is 0.189. The number of quaternary nitrogens is 1. The summed E-state index contributed by atoms with van der Waals surface area (Å²) in [4.78, 5) is 3.09. The summed E-state index contributed by atoms with van der Waals surface area (Å²) in [5.41, 5.74) is 8.17. The van der Waals surface area contributed by atoms with Gasteiger partial charge in [0, 0.05) is 12.1 Å². The van der Waals surface area contributed by atoms with Gasteiger partial charge >= 0.3 is 5.84 Å². The van der Waals surface area contributed by atoms with E-state index in [9.17, 15) is 0 Å². The first-order chi connectivity index (χ1) is 5.72. The van der Waals surface area contributed by atoms with Crippen LogP contribution in [-0.4, -0.2) is 5.84 Å². The van der Waals surface area contributed by atoms with Crippen LogP contribution in [0.1, 0.15) is 6.92 Å². The Hall–Kier alpha value is -0.430. The summed E-state index contributed by atoms with van der Waals surface area (Å²) in [6.07, 6.45) is 0. The Morgan fingerprint density at radius 3 is 2.57 bits per heavy atom. The van der Waals surface area contributed by atoms with Crippen molar-refractivity contribution in [2.45, 2.75) is 6.92 Å². The number of rotatable bonds is 2. The van der Waals surface area contributed by atoms with Gasteiger partial charge in [0.2, 0.25) is 5.69 Å². The van der Waals surface area contributed by atoms with Gasteiger partial charge in [-0.2, -0.15) is 4.99 Å². The van der Waals surface area contributed by atoms with Crippen molar-refractivity contribution in [2.24, 2.45) is 5.84 Å². The number of benzene rings is 1. The van der Waals surface area contributed by atoms with E-state index in [1.807, 2.05) is 31.2 Å². The van der Waals surface area contributed by atoms with Crippen LogP contribution in [0.3, 0.4) is 0 Å². The fourth-order valence-electron chi connectivity index (χ4n) is 0.933. The molecular formula is C8H14Br2N4. The maximum absolute atomic E-state index is 5.25. The molecule has 0 unspecified atom stereocenters. The lowest BCUT2D eigenvalue weighted by atomic mass is 10.3. The van der Waals surface area contributed by atoms with Crippen molar-refractivity contribution in [1.29, 1.82) is 0 Å². The highest BCUT2D eigenvalue weighted by molar-refractivity contribution is 5.63. The van der Waals surface area contributed by atoms with Crippen molar-refractivity contribution in [3.63, 3.8) is 0 Å². The lowest BCUT2D eigenvalue weighted by molar-refractivity contribution is -0.424. The molecule has 0 aliphatic rings. The molecule has 0 saturated heterocycles. The van der Waals surface area contributed by atoms with E-state index in [-0.39, 0.29) is 34.0 Å². The summed E-state index contributed by atoms with van der Waals surface area (Å²) in [6, 6.07) is 7.67. The summed E-state index contributed by atoms with van der Waals surface area (Å²) in [5, 5.41) is 0. The molecule has 4 nitrogen and oxygen atoms in total. The van der Waals surface area contributed by atoms with Crippen LogP contribution in [0.2, 0.25) is 0 Å². The third-order valence-corrected chi connectivity index (χ3v) is 1.39. The number of anilines is 1. The van der Waals surface area contributed by atoms with E-state index in [0.717, 1.165) is 17.2 Å². The maximum atomic E-state index is 5.25. The Balaban J connectivity index is 0. The van der Waals surface area contributed by atoms with Crippen LogP contribution in [0.4, 0.5) is 11.4 Å². The zero-order chi connectivity index (χ0) is 8.97. The van der Waals surface area contributed by atoms with Gasteiger partial charge in [0.1, 0.15) is 0 Å². The molecular weight excluding hydrogens is 312 g/mol. The van der Waals surface area contributed by atoms with Crippen LogP contribution in [0.5, 0.6) is 0 Å². The number of hydrazine groups is 1. The normalized spacial score (nSPS) is 9.79. The van der Waals surface area contributed by atoms with E-state index < -0.39 is 0 Å². The number of halogens is 2. The topological polar surface area (TPSA) is 79.7 Å². The Morgan fingerprint density at radius 2 is 2.07 bits per heavy atom. The highest BCUT2D eigenvalue weighted by Gasteiger charge is 1.99. The number of nitrogen functional groups attached to an aromatic ring is 1. The standard InChI is InChI=1S/C8H12N4.2BrH/c1-6(9)11-7-3-2-4-8(5-7)12-10;;/h2-5,12H,10H2,1H3,(H2,9,11);2*1H. The lowest BCUT2D eigenvalue weighted by Gasteiger charge is -1.96. The summed E-state index contributed by atoms with van der Waals surface area (Å²) in [7, 11) is 0. The molecule has 0 heterocycles. The van der Waals surface area contributed by atoms with Gasteiger partial charge in [-0.15, -0.1) is 0 Å². The Kier molecular flexibility index (Phi) is 9.07. The summed E-state index contributed by atoms with van der Waals surface area (Å²) >= 11 is 0. The Morgan fingerprint density at radius 1 is 1.43 bits per heavy atom. The van der Waals surface area contributed by atoms with Gasteiger partial charge in [0.25, 0.3) is 0 Å². The van der Waals surface area contributed by atoms with Crippen LogP contribution < -0.4 is 56.0 Å². The maximum Gasteiger partial charge on any atom is 0.334 e. The van der Waals surface area contributed by atoms with Crippen LogP contribution in [-0.2, 0) is 0 Å².